The minimum atomic E-state index is -3.74. The average Bonchev–Trinajstić information content (AvgIpc) is 2.89. The van der Waals surface area contributed by atoms with Crippen molar-refractivity contribution >= 4 is 10.0 Å². The van der Waals surface area contributed by atoms with Gasteiger partial charge < -0.3 is 18.9 Å². The second-order valence-electron chi connectivity index (χ2n) is 7.12. The van der Waals surface area contributed by atoms with Gasteiger partial charge in [0.2, 0.25) is 10.0 Å². The summed E-state index contributed by atoms with van der Waals surface area (Å²) in [5.74, 6) is 2.46. The zero-order valence-electron chi connectivity index (χ0n) is 16.6. The van der Waals surface area contributed by atoms with Gasteiger partial charge in [0, 0.05) is 36.6 Å². The topological polar surface area (TPSA) is 83.1 Å². The summed E-state index contributed by atoms with van der Waals surface area (Å²) in [6.45, 7) is 5.55. The second-order valence-corrected chi connectivity index (χ2v) is 8.88. The first-order chi connectivity index (χ1) is 14.0. The summed E-state index contributed by atoms with van der Waals surface area (Å²) in [7, 11) is -3.74. The Bertz CT molecular complexity index is 1000. The number of nitrogens with one attached hydrogen (secondary N) is 1. The highest BCUT2D eigenvalue weighted by Gasteiger charge is 2.23. The van der Waals surface area contributed by atoms with Crippen LogP contribution in [-0.4, -0.2) is 34.3 Å². The molecule has 0 unspecified atom stereocenters. The van der Waals surface area contributed by atoms with Crippen molar-refractivity contribution < 1.29 is 27.4 Å². The van der Waals surface area contributed by atoms with Crippen LogP contribution in [0.2, 0.25) is 0 Å². The van der Waals surface area contributed by atoms with E-state index in [1.54, 1.807) is 6.07 Å². The standard InChI is InChI=1S/C21H25NO6S/c1-3-25-19-10-15-9-14(2)28-20(15)11-16(19)13-22-29(23,24)17-5-6-18-21(12-17)27-8-4-7-26-18/h5-6,10-12,14,22H,3-4,7-9,13H2,1-2H3/t14-/m1/s1. The van der Waals surface area contributed by atoms with Crippen molar-refractivity contribution in [3.63, 3.8) is 0 Å². The number of fused-ring (bicyclic) bond motifs is 2. The van der Waals surface area contributed by atoms with Crippen LogP contribution in [0.3, 0.4) is 0 Å². The van der Waals surface area contributed by atoms with Crippen LogP contribution in [0.15, 0.2) is 35.2 Å². The van der Waals surface area contributed by atoms with Gasteiger partial charge in [0.25, 0.3) is 0 Å². The summed E-state index contributed by atoms with van der Waals surface area (Å²) >= 11 is 0. The first-order valence-electron chi connectivity index (χ1n) is 9.81. The molecule has 0 fully saturated rings. The van der Waals surface area contributed by atoms with E-state index in [2.05, 4.69) is 4.72 Å². The Labute approximate surface area is 171 Å². The lowest BCUT2D eigenvalue weighted by atomic mass is 10.1. The first kappa shape index (κ1) is 19.8. The molecule has 156 valence electrons. The fourth-order valence-corrected chi connectivity index (χ4v) is 4.50. The summed E-state index contributed by atoms with van der Waals surface area (Å²) in [6.07, 6.45) is 1.68. The zero-order valence-corrected chi connectivity index (χ0v) is 17.4. The van der Waals surface area contributed by atoms with E-state index in [9.17, 15) is 8.42 Å². The number of hydrogen-bond acceptors (Lipinski definition) is 6. The molecule has 2 aliphatic heterocycles. The lowest BCUT2D eigenvalue weighted by Crippen LogP contribution is -2.23. The van der Waals surface area contributed by atoms with E-state index < -0.39 is 10.0 Å². The fraction of sp³-hybridized carbons (Fsp3) is 0.429. The van der Waals surface area contributed by atoms with Gasteiger partial charge in [-0.15, -0.1) is 0 Å². The Balaban J connectivity index is 1.55. The van der Waals surface area contributed by atoms with Crippen molar-refractivity contribution in [1.29, 1.82) is 0 Å². The van der Waals surface area contributed by atoms with Gasteiger partial charge in [0.05, 0.1) is 24.7 Å². The summed E-state index contributed by atoms with van der Waals surface area (Å²) in [5.41, 5.74) is 1.81. The van der Waals surface area contributed by atoms with E-state index in [1.165, 1.54) is 12.1 Å². The van der Waals surface area contributed by atoms with Crippen molar-refractivity contribution in [1.82, 2.24) is 4.72 Å². The highest BCUT2D eigenvalue weighted by atomic mass is 32.2. The van der Waals surface area contributed by atoms with Crippen LogP contribution < -0.4 is 23.7 Å². The maximum absolute atomic E-state index is 12.9. The van der Waals surface area contributed by atoms with Crippen molar-refractivity contribution in [2.24, 2.45) is 0 Å². The molecule has 0 saturated heterocycles. The van der Waals surface area contributed by atoms with Crippen molar-refractivity contribution in [2.45, 2.75) is 44.2 Å². The first-order valence-corrected chi connectivity index (χ1v) is 11.3. The monoisotopic (exact) mass is 419 g/mol. The van der Waals surface area contributed by atoms with Gasteiger partial charge in [-0.3, -0.25) is 0 Å². The number of sulfonamides is 1. The van der Waals surface area contributed by atoms with E-state index >= 15 is 0 Å². The highest BCUT2D eigenvalue weighted by Crippen LogP contribution is 2.36. The summed E-state index contributed by atoms with van der Waals surface area (Å²) in [5, 5.41) is 0. The number of ether oxygens (including phenoxy) is 4. The largest absolute Gasteiger partial charge is 0.494 e. The maximum Gasteiger partial charge on any atom is 0.241 e. The quantitative estimate of drug-likeness (QED) is 0.775. The summed E-state index contributed by atoms with van der Waals surface area (Å²) < 4.78 is 51.1. The molecule has 0 radical (unpaired) electrons. The van der Waals surface area contributed by atoms with E-state index in [1.807, 2.05) is 26.0 Å². The molecule has 2 heterocycles. The van der Waals surface area contributed by atoms with Gasteiger partial charge in [-0.1, -0.05) is 0 Å². The number of hydrogen-bond donors (Lipinski definition) is 1. The van der Waals surface area contributed by atoms with E-state index in [-0.39, 0.29) is 17.5 Å². The minimum Gasteiger partial charge on any atom is -0.494 e. The molecule has 2 aromatic carbocycles. The molecule has 7 nitrogen and oxygen atoms in total. The van der Waals surface area contributed by atoms with Crippen LogP contribution in [0.4, 0.5) is 0 Å². The molecule has 1 atom stereocenters. The van der Waals surface area contributed by atoms with Crippen LogP contribution in [0.25, 0.3) is 0 Å². The van der Waals surface area contributed by atoms with Gasteiger partial charge in [-0.05, 0) is 38.1 Å². The van der Waals surface area contributed by atoms with E-state index in [4.69, 9.17) is 18.9 Å². The lowest BCUT2D eigenvalue weighted by molar-refractivity contribution is 0.254. The van der Waals surface area contributed by atoms with Gasteiger partial charge in [-0.2, -0.15) is 0 Å². The van der Waals surface area contributed by atoms with Crippen LogP contribution in [-0.2, 0) is 23.0 Å². The van der Waals surface area contributed by atoms with Crippen LogP contribution in [0, 0.1) is 0 Å². The third-order valence-corrected chi connectivity index (χ3v) is 6.26. The number of rotatable bonds is 6. The SMILES string of the molecule is CCOc1cc2c(cc1CNS(=O)(=O)c1ccc3c(c1)OCCCO3)O[C@H](C)C2. The van der Waals surface area contributed by atoms with Gasteiger partial charge in [-0.25, -0.2) is 13.1 Å². The Hall–Kier alpha value is -2.45. The van der Waals surface area contributed by atoms with E-state index in [0.29, 0.717) is 37.1 Å². The predicted octanol–water partition coefficient (Wildman–Crippen LogP) is 3.05. The Morgan fingerprint density at radius 2 is 1.90 bits per heavy atom. The summed E-state index contributed by atoms with van der Waals surface area (Å²) in [6, 6.07) is 8.46. The molecule has 0 aromatic heterocycles. The molecular formula is C21H25NO6S. The molecule has 2 aliphatic rings. The van der Waals surface area contributed by atoms with Gasteiger partial charge >= 0.3 is 0 Å². The molecule has 0 amide bonds. The lowest BCUT2D eigenvalue weighted by Gasteiger charge is -2.14. The average molecular weight is 419 g/mol. The fourth-order valence-electron chi connectivity index (χ4n) is 3.48. The smallest absolute Gasteiger partial charge is 0.241 e. The van der Waals surface area contributed by atoms with Crippen molar-refractivity contribution in [3.8, 4) is 23.0 Å². The van der Waals surface area contributed by atoms with Crippen LogP contribution >= 0.6 is 0 Å². The predicted molar refractivity (Wildman–Crippen MR) is 107 cm³/mol. The van der Waals surface area contributed by atoms with E-state index in [0.717, 1.165) is 29.7 Å². The summed E-state index contributed by atoms with van der Waals surface area (Å²) in [4.78, 5) is 0.130. The molecule has 29 heavy (non-hydrogen) atoms. The molecule has 0 saturated carbocycles. The molecule has 8 heteroatoms. The molecule has 0 spiro atoms. The Morgan fingerprint density at radius 3 is 2.69 bits per heavy atom. The van der Waals surface area contributed by atoms with Gasteiger partial charge in [0.1, 0.15) is 17.6 Å². The van der Waals surface area contributed by atoms with Crippen LogP contribution in [0.1, 0.15) is 31.4 Å². The molecule has 4 rings (SSSR count). The third-order valence-electron chi connectivity index (χ3n) is 4.86. The molecule has 2 aromatic rings. The highest BCUT2D eigenvalue weighted by molar-refractivity contribution is 7.89. The maximum atomic E-state index is 12.9. The zero-order chi connectivity index (χ0) is 20.4. The van der Waals surface area contributed by atoms with Crippen molar-refractivity contribution in [3.05, 3.63) is 41.5 Å². The normalized spacial score (nSPS) is 17.9. The minimum absolute atomic E-state index is 0.0944. The van der Waals surface area contributed by atoms with Crippen LogP contribution in [0.5, 0.6) is 23.0 Å². The molecule has 0 aliphatic carbocycles. The molecule has 0 bridgehead atoms. The Morgan fingerprint density at radius 1 is 1.10 bits per heavy atom. The Kier molecular flexibility index (Phi) is 5.56. The van der Waals surface area contributed by atoms with Gasteiger partial charge in [0.15, 0.2) is 11.5 Å². The molecule has 1 N–H and O–H groups in total. The number of benzene rings is 2. The second kappa shape index (κ2) is 8.12. The van der Waals surface area contributed by atoms with Crippen molar-refractivity contribution in [2.75, 3.05) is 19.8 Å². The molecular weight excluding hydrogens is 394 g/mol. The third kappa shape index (κ3) is 4.28.